The van der Waals surface area contributed by atoms with E-state index in [1.165, 1.54) is 5.56 Å². The Labute approximate surface area is 143 Å². The molecule has 0 bridgehead atoms. The number of thiazole rings is 1. The summed E-state index contributed by atoms with van der Waals surface area (Å²) in [7, 11) is 1.93. The van der Waals surface area contributed by atoms with Gasteiger partial charge in [0, 0.05) is 24.3 Å². The van der Waals surface area contributed by atoms with E-state index in [0.717, 1.165) is 31.9 Å². The lowest BCUT2D eigenvalue weighted by atomic mass is 10.2. The van der Waals surface area contributed by atoms with Crippen molar-refractivity contribution in [3.63, 3.8) is 0 Å². The molecule has 0 atom stereocenters. The molecule has 110 valence electrons. The number of hydrogen-bond acceptors (Lipinski definition) is 4. The van der Waals surface area contributed by atoms with Crippen LogP contribution in [0.5, 0.6) is 5.75 Å². The average Bonchev–Trinajstić information content (AvgIpc) is 2.98. The Hall–Kier alpha value is -0.890. The molecule has 0 spiro atoms. The first-order valence-corrected chi connectivity index (χ1v) is 8.80. The van der Waals surface area contributed by atoms with Crippen LogP contribution in [0.2, 0.25) is 0 Å². The Bertz CT molecular complexity index is 717. The fourth-order valence-electron chi connectivity index (χ4n) is 2.05. The number of hydrogen-bond donors (Lipinski definition) is 1. The number of fused-ring (bicyclic) bond motifs is 1. The molecule has 0 aliphatic rings. The molecule has 2 aromatic heterocycles. The first-order valence-electron chi connectivity index (χ1n) is 6.34. The van der Waals surface area contributed by atoms with Gasteiger partial charge in [0.05, 0.1) is 14.6 Å². The summed E-state index contributed by atoms with van der Waals surface area (Å²) in [6.45, 7) is 1.26. The number of aromatic nitrogens is 2. The Morgan fingerprint density at radius 2 is 2.10 bits per heavy atom. The normalized spacial score (nSPS) is 11.2. The lowest BCUT2D eigenvalue weighted by Crippen LogP contribution is -2.05. The second-order valence-corrected chi connectivity index (χ2v) is 7.11. The van der Waals surface area contributed by atoms with Gasteiger partial charge in [0.15, 0.2) is 4.96 Å². The third-order valence-electron chi connectivity index (χ3n) is 2.95. The van der Waals surface area contributed by atoms with E-state index in [0.29, 0.717) is 6.61 Å². The molecule has 0 amide bonds. The lowest BCUT2D eigenvalue weighted by Gasteiger charge is -2.11. The first kappa shape index (κ1) is 15.0. The predicted octanol–water partition coefficient (Wildman–Crippen LogP) is 4.22. The van der Waals surface area contributed by atoms with Gasteiger partial charge in [-0.1, -0.05) is 0 Å². The maximum Gasteiger partial charge on any atom is 0.193 e. The van der Waals surface area contributed by atoms with E-state index < -0.39 is 0 Å². The Morgan fingerprint density at radius 1 is 1.33 bits per heavy atom. The van der Waals surface area contributed by atoms with Gasteiger partial charge in [0.25, 0.3) is 0 Å². The van der Waals surface area contributed by atoms with E-state index in [1.807, 2.05) is 29.2 Å². The molecule has 0 saturated heterocycles. The fourth-order valence-corrected chi connectivity index (χ4v) is 4.28. The van der Waals surface area contributed by atoms with Gasteiger partial charge in [-0.3, -0.25) is 4.40 Å². The van der Waals surface area contributed by atoms with Crippen molar-refractivity contribution >= 4 is 48.2 Å². The van der Waals surface area contributed by atoms with Crippen LogP contribution in [0.15, 0.2) is 38.9 Å². The zero-order valence-corrected chi connectivity index (χ0v) is 15.3. The highest BCUT2D eigenvalue weighted by molar-refractivity contribution is 9.11. The van der Waals surface area contributed by atoms with E-state index in [2.05, 4.69) is 54.3 Å². The van der Waals surface area contributed by atoms with Crippen molar-refractivity contribution in [3.8, 4) is 5.75 Å². The van der Waals surface area contributed by atoms with E-state index in [4.69, 9.17) is 4.74 Å². The van der Waals surface area contributed by atoms with Crippen LogP contribution in [0, 0.1) is 0 Å². The molecule has 3 aromatic rings. The van der Waals surface area contributed by atoms with E-state index in [1.54, 1.807) is 11.3 Å². The Morgan fingerprint density at radius 3 is 2.76 bits per heavy atom. The molecule has 0 unspecified atom stereocenters. The number of rotatable bonds is 5. The minimum atomic E-state index is 0.441. The molecular weight excluding hydrogens is 418 g/mol. The summed E-state index contributed by atoms with van der Waals surface area (Å²) in [6, 6.07) is 4.12. The van der Waals surface area contributed by atoms with E-state index >= 15 is 0 Å². The van der Waals surface area contributed by atoms with Crippen molar-refractivity contribution in [2.45, 2.75) is 13.2 Å². The second-order valence-electron chi connectivity index (χ2n) is 4.53. The van der Waals surface area contributed by atoms with Crippen LogP contribution >= 0.6 is 43.2 Å². The maximum atomic E-state index is 5.90. The zero-order valence-electron chi connectivity index (χ0n) is 11.3. The fraction of sp³-hybridized carbons (Fsp3) is 0.214. The van der Waals surface area contributed by atoms with Crippen LogP contribution in [-0.4, -0.2) is 16.4 Å². The summed E-state index contributed by atoms with van der Waals surface area (Å²) in [5, 5.41) is 5.15. The van der Waals surface area contributed by atoms with Crippen molar-refractivity contribution < 1.29 is 4.74 Å². The third-order valence-corrected chi connectivity index (χ3v) is 4.90. The van der Waals surface area contributed by atoms with Gasteiger partial charge >= 0.3 is 0 Å². The van der Waals surface area contributed by atoms with Crippen LogP contribution in [0.4, 0.5) is 0 Å². The minimum absolute atomic E-state index is 0.441. The number of benzene rings is 1. The van der Waals surface area contributed by atoms with Gasteiger partial charge < -0.3 is 10.1 Å². The number of nitrogens with one attached hydrogen (secondary N) is 1. The molecule has 1 N–H and O–H groups in total. The molecule has 0 fully saturated rings. The van der Waals surface area contributed by atoms with Crippen LogP contribution in [-0.2, 0) is 13.2 Å². The maximum absolute atomic E-state index is 5.90. The smallest absolute Gasteiger partial charge is 0.193 e. The monoisotopic (exact) mass is 429 g/mol. The van der Waals surface area contributed by atoms with Crippen LogP contribution in [0.3, 0.4) is 0 Å². The van der Waals surface area contributed by atoms with Crippen LogP contribution < -0.4 is 10.1 Å². The molecule has 3 rings (SSSR count). The molecule has 0 radical (unpaired) electrons. The summed E-state index contributed by atoms with van der Waals surface area (Å²) in [4.78, 5) is 5.49. The molecule has 0 aliphatic carbocycles. The Kier molecular flexibility index (Phi) is 4.63. The van der Waals surface area contributed by atoms with Crippen molar-refractivity contribution in [1.29, 1.82) is 0 Å². The number of ether oxygens (including phenoxy) is 1. The average molecular weight is 431 g/mol. The highest BCUT2D eigenvalue weighted by Gasteiger charge is 2.10. The second kappa shape index (κ2) is 6.48. The van der Waals surface area contributed by atoms with Gasteiger partial charge in [0.2, 0.25) is 0 Å². The van der Waals surface area contributed by atoms with Gasteiger partial charge in [0.1, 0.15) is 12.4 Å². The van der Waals surface area contributed by atoms with Crippen molar-refractivity contribution in [3.05, 3.63) is 50.1 Å². The predicted molar refractivity (Wildman–Crippen MR) is 92.0 cm³/mol. The van der Waals surface area contributed by atoms with Crippen molar-refractivity contribution in [1.82, 2.24) is 14.7 Å². The summed E-state index contributed by atoms with van der Waals surface area (Å²) in [5.74, 6) is 0.797. The van der Waals surface area contributed by atoms with Gasteiger partial charge in [-0.25, -0.2) is 4.98 Å². The van der Waals surface area contributed by atoms with Crippen LogP contribution in [0.1, 0.15) is 11.3 Å². The van der Waals surface area contributed by atoms with Crippen molar-refractivity contribution in [2.75, 3.05) is 7.05 Å². The zero-order chi connectivity index (χ0) is 14.8. The van der Waals surface area contributed by atoms with E-state index in [-0.39, 0.29) is 0 Å². The summed E-state index contributed by atoms with van der Waals surface area (Å²) in [6.07, 6.45) is 3.98. The molecule has 7 heteroatoms. The number of imidazole rings is 1. The SMILES string of the molecule is CNCc1cc(Br)c(OCc2cn3ccsc3n2)c(Br)c1. The topological polar surface area (TPSA) is 38.6 Å². The molecule has 1 aromatic carbocycles. The molecule has 21 heavy (non-hydrogen) atoms. The summed E-state index contributed by atoms with van der Waals surface area (Å²) >= 11 is 8.74. The largest absolute Gasteiger partial charge is 0.485 e. The Balaban J connectivity index is 1.76. The molecular formula is C14H13Br2N3OS. The third kappa shape index (κ3) is 3.31. The summed E-state index contributed by atoms with van der Waals surface area (Å²) < 4.78 is 9.77. The first-order chi connectivity index (χ1) is 10.2. The highest BCUT2D eigenvalue weighted by atomic mass is 79.9. The standard InChI is InChI=1S/C14H13Br2N3OS/c1-17-6-9-4-11(15)13(12(16)5-9)20-8-10-7-19-2-3-21-14(19)18-10/h2-5,7,17H,6,8H2,1H3. The van der Waals surface area contributed by atoms with E-state index in [9.17, 15) is 0 Å². The lowest BCUT2D eigenvalue weighted by molar-refractivity contribution is 0.298. The van der Waals surface area contributed by atoms with Gasteiger partial charge in [-0.15, -0.1) is 11.3 Å². The molecule has 2 heterocycles. The minimum Gasteiger partial charge on any atom is -0.485 e. The van der Waals surface area contributed by atoms with Gasteiger partial charge in [-0.2, -0.15) is 0 Å². The van der Waals surface area contributed by atoms with Crippen molar-refractivity contribution in [2.24, 2.45) is 0 Å². The molecule has 0 saturated carbocycles. The highest BCUT2D eigenvalue weighted by Crippen LogP contribution is 2.35. The molecule has 4 nitrogen and oxygen atoms in total. The molecule has 0 aliphatic heterocycles. The number of halogens is 2. The quantitative estimate of drug-likeness (QED) is 0.658. The van der Waals surface area contributed by atoms with Gasteiger partial charge in [-0.05, 0) is 56.6 Å². The number of nitrogens with zero attached hydrogens (tertiary/aromatic N) is 2. The van der Waals surface area contributed by atoms with Crippen LogP contribution in [0.25, 0.3) is 4.96 Å². The summed E-state index contributed by atoms with van der Waals surface area (Å²) in [5.41, 5.74) is 2.10.